The van der Waals surface area contributed by atoms with Gasteiger partial charge < -0.3 is 4.40 Å². The molecule has 112 valence electrons. The van der Waals surface area contributed by atoms with Crippen LogP contribution in [0.2, 0.25) is 0 Å². The molecule has 1 aliphatic heterocycles. The van der Waals surface area contributed by atoms with Crippen LogP contribution in [-0.2, 0) is 6.42 Å². The highest BCUT2D eigenvalue weighted by molar-refractivity contribution is 5.63. The third-order valence-corrected chi connectivity index (χ3v) is 5.78. The van der Waals surface area contributed by atoms with Crippen LogP contribution in [-0.4, -0.2) is 22.4 Å². The molecule has 0 spiro atoms. The SMILES string of the molecule is Cc1c2c(n3ccccc13)CCC(C)(C)C2N1CCCC1. The minimum Gasteiger partial charge on any atom is -0.320 e. The molecule has 1 atom stereocenters. The summed E-state index contributed by atoms with van der Waals surface area (Å²) < 4.78 is 2.45. The Balaban J connectivity index is 1.95. The summed E-state index contributed by atoms with van der Waals surface area (Å²) in [4.78, 5) is 2.75. The largest absolute Gasteiger partial charge is 0.320 e. The topological polar surface area (TPSA) is 7.65 Å². The number of likely N-dealkylation sites (tertiary alicyclic amines) is 1. The van der Waals surface area contributed by atoms with Crippen molar-refractivity contribution < 1.29 is 0 Å². The molecule has 0 amide bonds. The Kier molecular flexibility index (Phi) is 2.94. The molecule has 4 rings (SSSR count). The van der Waals surface area contributed by atoms with Crippen LogP contribution in [0.25, 0.3) is 5.52 Å². The maximum absolute atomic E-state index is 2.75. The van der Waals surface area contributed by atoms with Crippen LogP contribution >= 0.6 is 0 Å². The van der Waals surface area contributed by atoms with Crippen molar-refractivity contribution >= 4 is 5.52 Å². The number of hydrogen-bond acceptors (Lipinski definition) is 1. The first kappa shape index (κ1) is 13.4. The summed E-state index contributed by atoms with van der Waals surface area (Å²) in [5.74, 6) is 0. The van der Waals surface area contributed by atoms with Crippen molar-refractivity contribution in [3.8, 4) is 0 Å². The molecule has 1 fully saturated rings. The third-order valence-electron chi connectivity index (χ3n) is 5.78. The molecular formula is C19H26N2. The second kappa shape index (κ2) is 4.61. The minimum absolute atomic E-state index is 0.382. The molecule has 2 aromatic heterocycles. The Morgan fingerprint density at radius 2 is 1.90 bits per heavy atom. The van der Waals surface area contributed by atoms with E-state index < -0.39 is 0 Å². The Morgan fingerprint density at radius 1 is 1.14 bits per heavy atom. The van der Waals surface area contributed by atoms with Crippen molar-refractivity contribution in [1.82, 2.24) is 9.30 Å². The van der Waals surface area contributed by atoms with Gasteiger partial charge in [-0.3, -0.25) is 4.90 Å². The average Bonchev–Trinajstić information content (AvgIpc) is 3.07. The Bertz CT molecular complexity index is 674. The van der Waals surface area contributed by atoms with Crippen molar-refractivity contribution in [2.24, 2.45) is 5.41 Å². The Morgan fingerprint density at radius 3 is 2.67 bits per heavy atom. The molecule has 0 N–H and O–H groups in total. The zero-order chi connectivity index (χ0) is 14.6. The van der Waals surface area contributed by atoms with Crippen LogP contribution in [0.1, 0.15) is 56.0 Å². The van der Waals surface area contributed by atoms with Crippen molar-refractivity contribution in [3.05, 3.63) is 41.2 Å². The molecule has 0 bridgehead atoms. The van der Waals surface area contributed by atoms with E-state index in [-0.39, 0.29) is 0 Å². The van der Waals surface area contributed by atoms with E-state index in [1.807, 2.05) is 0 Å². The van der Waals surface area contributed by atoms with Gasteiger partial charge in [0, 0.05) is 23.4 Å². The molecular weight excluding hydrogens is 256 g/mol. The molecule has 0 radical (unpaired) electrons. The monoisotopic (exact) mass is 282 g/mol. The molecule has 1 unspecified atom stereocenters. The quantitative estimate of drug-likeness (QED) is 0.754. The lowest BCUT2D eigenvalue weighted by molar-refractivity contribution is 0.0903. The standard InChI is InChI=1S/C19H26N2/c1-14-15-8-4-5-13-21(15)16-9-10-19(2,3)18(17(14)16)20-11-6-7-12-20/h4-5,8,13,18H,6-7,9-12H2,1-3H3. The van der Waals surface area contributed by atoms with E-state index in [9.17, 15) is 0 Å². The van der Waals surface area contributed by atoms with Crippen molar-refractivity contribution in [1.29, 1.82) is 0 Å². The second-order valence-electron chi connectivity index (χ2n) is 7.58. The van der Waals surface area contributed by atoms with Gasteiger partial charge in [0.05, 0.1) is 0 Å². The van der Waals surface area contributed by atoms with E-state index in [0.717, 1.165) is 0 Å². The highest BCUT2D eigenvalue weighted by atomic mass is 15.2. The van der Waals surface area contributed by atoms with Crippen molar-refractivity contribution in [2.75, 3.05) is 13.1 Å². The maximum Gasteiger partial charge on any atom is 0.0485 e. The lowest BCUT2D eigenvalue weighted by Crippen LogP contribution is -2.40. The first-order valence-electron chi connectivity index (χ1n) is 8.42. The summed E-state index contributed by atoms with van der Waals surface area (Å²) in [5.41, 5.74) is 6.51. The van der Waals surface area contributed by atoms with Gasteiger partial charge in [-0.25, -0.2) is 0 Å². The zero-order valence-corrected chi connectivity index (χ0v) is 13.5. The summed E-state index contributed by atoms with van der Waals surface area (Å²) in [7, 11) is 0. The van der Waals surface area contributed by atoms with E-state index in [2.05, 4.69) is 54.5 Å². The molecule has 2 aromatic rings. The lowest BCUT2D eigenvalue weighted by Gasteiger charge is -2.44. The number of rotatable bonds is 1. The normalized spacial score (nSPS) is 25.4. The van der Waals surface area contributed by atoms with Crippen LogP contribution in [0.15, 0.2) is 24.4 Å². The molecule has 2 nitrogen and oxygen atoms in total. The molecule has 1 saturated heterocycles. The summed E-state index contributed by atoms with van der Waals surface area (Å²) >= 11 is 0. The van der Waals surface area contributed by atoms with Crippen LogP contribution in [0.4, 0.5) is 0 Å². The van der Waals surface area contributed by atoms with E-state index in [0.29, 0.717) is 11.5 Å². The van der Waals surface area contributed by atoms with Crippen LogP contribution in [0, 0.1) is 12.3 Å². The van der Waals surface area contributed by atoms with Crippen molar-refractivity contribution in [3.63, 3.8) is 0 Å². The fraction of sp³-hybridized carbons (Fsp3) is 0.579. The van der Waals surface area contributed by atoms with E-state index >= 15 is 0 Å². The molecule has 1 aliphatic carbocycles. The molecule has 0 aromatic carbocycles. The van der Waals surface area contributed by atoms with Gasteiger partial charge in [-0.05, 0) is 74.4 Å². The highest BCUT2D eigenvalue weighted by Gasteiger charge is 2.42. The Labute approximate surface area is 127 Å². The molecule has 2 aliphatic rings. The second-order valence-corrected chi connectivity index (χ2v) is 7.58. The number of nitrogens with zero attached hydrogens (tertiary/aromatic N) is 2. The number of pyridine rings is 1. The fourth-order valence-corrected chi connectivity index (χ4v) is 4.73. The predicted molar refractivity (Wildman–Crippen MR) is 87.8 cm³/mol. The first-order valence-corrected chi connectivity index (χ1v) is 8.42. The molecule has 0 saturated carbocycles. The number of fused-ring (bicyclic) bond motifs is 3. The number of hydrogen-bond donors (Lipinski definition) is 0. The Hall–Kier alpha value is -1.28. The van der Waals surface area contributed by atoms with Gasteiger partial charge in [-0.2, -0.15) is 0 Å². The third kappa shape index (κ3) is 1.88. The van der Waals surface area contributed by atoms with Gasteiger partial charge in [0.1, 0.15) is 0 Å². The predicted octanol–water partition coefficient (Wildman–Crippen LogP) is 4.36. The number of aromatic nitrogens is 1. The molecule has 21 heavy (non-hydrogen) atoms. The smallest absolute Gasteiger partial charge is 0.0485 e. The summed E-state index contributed by atoms with van der Waals surface area (Å²) in [6.45, 7) is 9.83. The van der Waals surface area contributed by atoms with Gasteiger partial charge in [-0.15, -0.1) is 0 Å². The molecule has 3 heterocycles. The van der Waals surface area contributed by atoms with Crippen molar-refractivity contribution in [2.45, 2.75) is 52.5 Å². The first-order chi connectivity index (χ1) is 10.1. The van der Waals surface area contributed by atoms with E-state index in [1.165, 1.54) is 49.9 Å². The van der Waals surface area contributed by atoms with Gasteiger partial charge >= 0.3 is 0 Å². The summed E-state index contributed by atoms with van der Waals surface area (Å²) in [5, 5.41) is 0. The maximum atomic E-state index is 2.75. The minimum atomic E-state index is 0.382. The average molecular weight is 282 g/mol. The van der Waals surface area contributed by atoms with Crippen LogP contribution in [0.5, 0.6) is 0 Å². The molecule has 2 heteroatoms. The van der Waals surface area contributed by atoms with Gasteiger partial charge in [0.25, 0.3) is 0 Å². The summed E-state index contributed by atoms with van der Waals surface area (Å²) in [6, 6.07) is 7.21. The highest BCUT2D eigenvalue weighted by Crippen LogP contribution is 2.50. The number of aryl methyl sites for hydroxylation is 2. The van der Waals surface area contributed by atoms with E-state index in [4.69, 9.17) is 0 Å². The lowest BCUT2D eigenvalue weighted by atomic mass is 9.70. The van der Waals surface area contributed by atoms with Crippen LogP contribution < -0.4 is 0 Å². The van der Waals surface area contributed by atoms with Gasteiger partial charge in [0.2, 0.25) is 0 Å². The van der Waals surface area contributed by atoms with Crippen LogP contribution in [0.3, 0.4) is 0 Å². The van der Waals surface area contributed by atoms with Gasteiger partial charge in [-0.1, -0.05) is 19.9 Å². The van der Waals surface area contributed by atoms with E-state index in [1.54, 1.807) is 11.3 Å². The van der Waals surface area contributed by atoms with Gasteiger partial charge in [0.15, 0.2) is 0 Å². The summed E-state index contributed by atoms with van der Waals surface area (Å²) in [6.07, 6.45) is 7.50. The zero-order valence-electron chi connectivity index (χ0n) is 13.5. The fourth-order valence-electron chi connectivity index (χ4n) is 4.73.